The molecule has 3 aromatic rings. The number of rotatable bonds is 11. The van der Waals surface area contributed by atoms with Crippen LogP contribution in [0.2, 0.25) is 5.02 Å². The van der Waals surface area contributed by atoms with Gasteiger partial charge in [0.15, 0.2) is 11.6 Å². The summed E-state index contributed by atoms with van der Waals surface area (Å²) in [5, 5.41) is 22.7. The third-order valence-electron chi connectivity index (χ3n) is 5.47. The molecule has 194 valence electrons. The van der Waals surface area contributed by atoms with Gasteiger partial charge in [-0.05, 0) is 35.7 Å². The minimum absolute atomic E-state index is 0.0264. The number of ether oxygens (including phenoxy) is 1. The van der Waals surface area contributed by atoms with E-state index in [1.54, 1.807) is 37.3 Å². The van der Waals surface area contributed by atoms with Crippen LogP contribution in [0, 0.1) is 17.2 Å². The molecule has 0 aliphatic rings. The van der Waals surface area contributed by atoms with Crippen LogP contribution in [0.5, 0.6) is 5.75 Å². The van der Waals surface area contributed by atoms with E-state index in [2.05, 4.69) is 10.3 Å². The van der Waals surface area contributed by atoms with Gasteiger partial charge in [0.05, 0.1) is 26.4 Å². The second-order valence-electron chi connectivity index (χ2n) is 9.40. The van der Waals surface area contributed by atoms with Gasteiger partial charge in [0.25, 0.3) is 0 Å². The largest absolute Gasteiger partial charge is 0.490 e. The number of nitrogens with one attached hydrogen (secondary N) is 1. The first-order chi connectivity index (χ1) is 17.0. The lowest BCUT2D eigenvalue weighted by atomic mass is 9.93. The highest BCUT2D eigenvalue weighted by Crippen LogP contribution is 2.24. The van der Waals surface area contributed by atoms with Gasteiger partial charge < -0.3 is 20.3 Å². The van der Waals surface area contributed by atoms with Gasteiger partial charge in [-0.25, -0.2) is 18.5 Å². The van der Waals surface area contributed by atoms with E-state index >= 15 is 0 Å². The molecule has 0 saturated carbocycles. The quantitative estimate of drug-likeness (QED) is 0.355. The van der Waals surface area contributed by atoms with E-state index in [4.69, 9.17) is 16.3 Å². The molecule has 0 amide bonds. The molecule has 11 heteroatoms. The Morgan fingerprint density at radius 2 is 1.78 bits per heavy atom. The number of nitrogens with zero attached hydrogens (tertiary/aromatic N) is 3. The van der Waals surface area contributed by atoms with E-state index in [1.165, 1.54) is 16.7 Å². The first kappa shape index (κ1) is 27.4. The standard InChI is InChI=1S/C25H30ClFN4O5/c1-16(2)12-36-21-9-8-19(10-20(21)27)28-22-29-23(34)31(13-25(3,14-32)15-33)24(35)30(22)11-17-4-6-18(26)7-5-17/h4-10,16,32-33H,11-15H2,1-3H3,(H,28,29,34). The van der Waals surface area contributed by atoms with Crippen LogP contribution in [0.15, 0.2) is 52.1 Å². The number of aromatic nitrogens is 3. The summed E-state index contributed by atoms with van der Waals surface area (Å²) in [4.78, 5) is 30.2. The average Bonchev–Trinajstić information content (AvgIpc) is 2.84. The third kappa shape index (κ3) is 6.71. The second kappa shape index (κ2) is 11.7. The van der Waals surface area contributed by atoms with E-state index in [-0.39, 0.29) is 36.4 Å². The highest BCUT2D eigenvalue weighted by atomic mass is 35.5. The average molecular weight is 521 g/mol. The molecule has 0 atom stereocenters. The molecule has 0 unspecified atom stereocenters. The number of benzene rings is 2. The number of anilines is 2. The van der Waals surface area contributed by atoms with Crippen molar-refractivity contribution >= 4 is 23.2 Å². The lowest BCUT2D eigenvalue weighted by Gasteiger charge is -2.25. The van der Waals surface area contributed by atoms with Gasteiger partial charge in [0.1, 0.15) is 0 Å². The van der Waals surface area contributed by atoms with Gasteiger partial charge in [-0.3, -0.25) is 4.57 Å². The van der Waals surface area contributed by atoms with Crippen molar-refractivity contribution in [3.8, 4) is 5.75 Å². The number of hydrogen-bond acceptors (Lipinski definition) is 7. The summed E-state index contributed by atoms with van der Waals surface area (Å²) < 4.78 is 22.1. The molecule has 2 aromatic carbocycles. The molecule has 3 N–H and O–H groups in total. The fourth-order valence-corrected chi connectivity index (χ4v) is 3.41. The Morgan fingerprint density at radius 3 is 2.36 bits per heavy atom. The molecule has 0 radical (unpaired) electrons. The van der Waals surface area contributed by atoms with E-state index in [0.717, 1.165) is 4.57 Å². The second-order valence-corrected chi connectivity index (χ2v) is 9.84. The topological polar surface area (TPSA) is 119 Å². The lowest BCUT2D eigenvalue weighted by Crippen LogP contribution is -2.47. The molecule has 0 saturated heterocycles. The van der Waals surface area contributed by atoms with Crippen LogP contribution in [0.3, 0.4) is 0 Å². The Labute approximate surface area is 212 Å². The first-order valence-corrected chi connectivity index (χ1v) is 11.8. The maximum absolute atomic E-state index is 14.6. The predicted octanol–water partition coefficient (Wildman–Crippen LogP) is 3.02. The van der Waals surface area contributed by atoms with Crippen LogP contribution < -0.4 is 21.4 Å². The monoisotopic (exact) mass is 520 g/mol. The number of halogens is 2. The molecule has 9 nitrogen and oxygen atoms in total. The number of aliphatic hydroxyl groups excluding tert-OH is 2. The highest BCUT2D eigenvalue weighted by molar-refractivity contribution is 6.30. The van der Waals surface area contributed by atoms with E-state index < -0.39 is 35.8 Å². The normalized spacial score (nSPS) is 11.7. The molecule has 1 heterocycles. The fourth-order valence-electron chi connectivity index (χ4n) is 3.29. The highest BCUT2D eigenvalue weighted by Gasteiger charge is 2.26. The molecule has 36 heavy (non-hydrogen) atoms. The van der Waals surface area contributed by atoms with Gasteiger partial charge in [-0.15, -0.1) is 0 Å². The van der Waals surface area contributed by atoms with Crippen molar-refractivity contribution in [2.75, 3.05) is 25.1 Å². The van der Waals surface area contributed by atoms with E-state index in [0.29, 0.717) is 17.2 Å². The van der Waals surface area contributed by atoms with Crippen LogP contribution in [-0.2, 0) is 13.1 Å². The molecule has 0 aliphatic heterocycles. The van der Waals surface area contributed by atoms with Crippen molar-refractivity contribution in [2.45, 2.75) is 33.9 Å². The summed E-state index contributed by atoms with van der Waals surface area (Å²) in [6, 6.07) is 11.0. The number of hydrogen-bond donors (Lipinski definition) is 3. The van der Waals surface area contributed by atoms with Crippen molar-refractivity contribution in [2.24, 2.45) is 11.3 Å². The van der Waals surface area contributed by atoms with E-state index in [1.807, 2.05) is 13.8 Å². The molecular formula is C25H30ClFN4O5. The molecule has 0 aliphatic carbocycles. The van der Waals surface area contributed by atoms with Gasteiger partial charge in [-0.1, -0.05) is 44.5 Å². The molecular weight excluding hydrogens is 491 g/mol. The van der Waals surface area contributed by atoms with Crippen LogP contribution in [0.25, 0.3) is 0 Å². The zero-order chi connectivity index (χ0) is 26.5. The predicted molar refractivity (Wildman–Crippen MR) is 136 cm³/mol. The smallest absolute Gasteiger partial charge is 0.354 e. The summed E-state index contributed by atoms with van der Waals surface area (Å²) in [7, 11) is 0. The van der Waals surface area contributed by atoms with Crippen LogP contribution in [0.1, 0.15) is 26.3 Å². The number of aliphatic hydroxyl groups is 2. The van der Waals surface area contributed by atoms with E-state index in [9.17, 15) is 24.2 Å². The fraction of sp³-hybridized carbons (Fsp3) is 0.400. The minimum Gasteiger partial charge on any atom is -0.490 e. The van der Waals surface area contributed by atoms with Crippen molar-refractivity contribution < 1.29 is 19.3 Å². The van der Waals surface area contributed by atoms with Crippen LogP contribution in [-0.4, -0.2) is 44.2 Å². The molecule has 0 fully saturated rings. The summed E-state index contributed by atoms with van der Waals surface area (Å²) in [6.07, 6.45) is 0. The van der Waals surface area contributed by atoms with Crippen molar-refractivity contribution in [1.82, 2.24) is 14.1 Å². The van der Waals surface area contributed by atoms with Gasteiger partial charge in [-0.2, -0.15) is 4.98 Å². The summed E-state index contributed by atoms with van der Waals surface area (Å²) in [6.45, 7) is 4.68. The Balaban J connectivity index is 2.03. The molecule has 0 bridgehead atoms. The Morgan fingerprint density at radius 1 is 1.11 bits per heavy atom. The zero-order valence-corrected chi connectivity index (χ0v) is 21.1. The van der Waals surface area contributed by atoms with Crippen LogP contribution in [0.4, 0.5) is 16.0 Å². The van der Waals surface area contributed by atoms with Crippen molar-refractivity contribution in [3.63, 3.8) is 0 Å². The molecule has 1 aromatic heterocycles. The van der Waals surface area contributed by atoms with Gasteiger partial charge >= 0.3 is 11.4 Å². The van der Waals surface area contributed by atoms with Crippen LogP contribution >= 0.6 is 11.6 Å². The molecule has 3 rings (SSSR count). The Kier molecular flexibility index (Phi) is 8.89. The third-order valence-corrected chi connectivity index (χ3v) is 5.72. The maximum Gasteiger partial charge on any atom is 0.354 e. The first-order valence-electron chi connectivity index (χ1n) is 11.4. The van der Waals surface area contributed by atoms with Crippen molar-refractivity contribution in [1.29, 1.82) is 0 Å². The SMILES string of the molecule is CC(C)COc1ccc(Nc2nc(=O)n(CC(C)(CO)CO)c(=O)n2Cc2ccc(Cl)cc2)cc1F. The Bertz CT molecular complexity index is 1300. The Hall–Kier alpha value is -3.21. The van der Waals surface area contributed by atoms with Gasteiger partial charge in [0, 0.05) is 28.7 Å². The lowest BCUT2D eigenvalue weighted by molar-refractivity contribution is 0.0528. The zero-order valence-electron chi connectivity index (χ0n) is 20.4. The van der Waals surface area contributed by atoms with Gasteiger partial charge in [0.2, 0.25) is 5.95 Å². The summed E-state index contributed by atoms with van der Waals surface area (Å²) in [5.41, 5.74) is -1.74. The minimum atomic E-state index is -1.12. The molecule has 0 spiro atoms. The summed E-state index contributed by atoms with van der Waals surface area (Å²) >= 11 is 5.97. The van der Waals surface area contributed by atoms with Crippen molar-refractivity contribution in [3.05, 3.63) is 79.8 Å². The maximum atomic E-state index is 14.6. The summed E-state index contributed by atoms with van der Waals surface area (Å²) in [5.74, 6) is -0.398.